The smallest absolute Gasteiger partial charge is 0.236 e. The monoisotopic (exact) mass is 213 g/mol. The lowest BCUT2D eigenvalue weighted by atomic mass is 10.1. The van der Waals surface area contributed by atoms with Crippen LogP contribution >= 0.6 is 0 Å². The molecule has 0 aromatic rings. The average molecular weight is 213 g/mol. The van der Waals surface area contributed by atoms with Crippen LogP contribution in [-0.2, 0) is 4.79 Å². The molecule has 4 heteroatoms. The van der Waals surface area contributed by atoms with E-state index in [1.807, 2.05) is 18.7 Å². The van der Waals surface area contributed by atoms with Crippen LogP contribution in [0.3, 0.4) is 0 Å². The quantitative estimate of drug-likeness (QED) is 0.706. The highest BCUT2D eigenvalue weighted by atomic mass is 16.2. The standard InChI is InChI=1S/C11H23N3O/c1-3-14(4-2)11(15)9-13-6-5-10(7-12)8-13/h10H,3-9,12H2,1-2H3. The van der Waals surface area contributed by atoms with Crippen LogP contribution in [0.2, 0.25) is 0 Å². The molecular weight excluding hydrogens is 190 g/mol. The summed E-state index contributed by atoms with van der Waals surface area (Å²) < 4.78 is 0. The lowest BCUT2D eigenvalue weighted by Crippen LogP contribution is -2.39. The molecule has 1 rings (SSSR count). The molecule has 1 aliphatic heterocycles. The first-order valence-corrected chi connectivity index (χ1v) is 5.91. The molecule has 1 heterocycles. The van der Waals surface area contributed by atoms with E-state index in [1.54, 1.807) is 0 Å². The molecule has 88 valence electrons. The number of likely N-dealkylation sites (tertiary alicyclic amines) is 1. The Morgan fingerprint density at radius 1 is 1.47 bits per heavy atom. The van der Waals surface area contributed by atoms with Crippen molar-refractivity contribution in [3.63, 3.8) is 0 Å². The fourth-order valence-corrected chi connectivity index (χ4v) is 2.12. The third kappa shape index (κ3) is 3.47. The maximum atomic E-state index is 11.8. The molecule has 0 spiro atoms. The van der Waals surface area contributed by atoms with Gasteiger partial charge in [0.15, 0.2) is 0 Å². The van der Waals surface area contributed by atoms with Crippen LogP contribution in [-0.4, -0.2) is 55.0 Å². The summed E-state index contributed by atoms with van der Waals surface area (Å²) in [5.41, 5.74) is 5.62. The summed E-state index contributed by atoms with van der Waals surface area (Å²) >= 11 is 0. The minimum atomic E-state index is 0.248. The Morgan fingerprint density at radius 3 is 2.60 bits per heavy atom. The van der Waals surface area contributed by atoms with Gasteiger partial charge in [-0.3, -0.25) is 9.69 Å². The molecule has 0 bridgehead atoms. The number of rotatable bonds is 5. The van der Waals surface area contributed by atoms with E-state index in [4.69, 9.17) is 5.73 Å². The van der Waals surface area contributed by atoms with Crippen molar-refractivity contribution in [2.24, 2.45) is 11.7 Å². The largest absolute Gasteiger partial charge is 0.342 e. The van der Waals surface area contributed by atoms with Gasteiger partial charge in [-0.1, -0.05) is 0 Å². The van der Waals surface area contributed by atoms with Crippen molar-refractivity contribution in [1.29, 1.82) is 0 Å². The fourth-order valence-electron chi connectivity index (χ4n) is 2.12. The highest BCUT2D eigenvalue weighted by Gasteiger charge is 2.23. The highest BCUT2D eigenvalue weighted by Crippen LogP contribution is 2.14. The molecule has 1 amide bonds. The normalized spacial score (nSPS) is 21.9. The number of carbonyl (C=O) groups excluding carboxylic acids is 1. The first-order chi connectivity index (χ1) is 7.21. The van der Waals surface area contributed by atoms with Crippen LogP contribution in [0.25, 0.3) is 0 Å². The van der Waals surface area contributed by atoms with E-state index in [-0.39, 0.29) is 5.91 Å². The Bertz CT molecular complexity index is 204. The molecule has 2 N–H and O–H groups in total. The van der Waals surface area contributed by atoms with Gasteiger partial charge >= 0.3 is 0 Å². The molecule has 0 aromatic carbocycles. The van der Waals surface area contributed by atoms with Gasteiger partial charge in [0, 0.05) is 19.6 Å². The number of amides is 1. The van der Waals surface area contributed by atoms with E-state index in [0.29, 0.717) is 12.5 Å². The van der Waals surface area contributed by atoms with Crippen LogP contribution in [0.1, 0.15) is 20.3 Å². The molecule has 1 saturated heterocycles. The van der Waals surface area contributed by atoms with Crippen molar-refractivity contribution in [2.45, 2.75) is 20.3 Å². The van der Waals surface area contributed by atoms with Crippen molar-refractivity contribution in [2.75, 3.05) is 39.3 Å². The SMILES string of the molecule is CCN(CC)C(=O)CN1CCC(CN)C1. The molecule has 0 aromatic heterocycles. The molecule has 0 radical (unpaired) electrons. The number of nitrogens with two attached hydrogens (primary N) is 1. The van der Waals surface area contributed by atoms with Crippen molar-refractivity contribution in [3.8, 4) is 0 Å². The Hall–Kier alpha value is -0.610. The van der Waals surface area contributed by atoms with Gasteiger partial charge < -0.3 is 10.6 Å². The van der Waals surface area contributed by atoms with Gasteiger partial charge in [0.1, 0.15) is 0 Å². The number of hydrogen-bond acceptors (Lipinski definition) is 3. The van der Waals surface area contributed by atoms with Crippen molar-refractivity contribution >= 4 is 5.91 Å². The average Bonchev–Trinajstić information content (AvgIpc) is 2.67. The van der Waals surface area contributed by atoms with Gasteiger partial charge in [0.2, 0.25) is 5.91 Å². The van der Waals surface area contributed by atoms with Crippen molar-refractivity contribution in [3.05, 3.63) is 0 Å². The van der Waals surface area contributed by atoms with E-state index in [0.717, 1.165) is 39.1 Å². The van der Waals surface area contributed by atoms with Gasteiger partial charge in [-0.2, -0.15) is 0 Å². The predicted octanol–water partition coefficient (Wildman–Crippen LogP) is 0.135. The summed E-state index contributed by atoms with van der Waals surface area (Å²) in [5.74, 6) is 0.840. The van der Waals surface area contributed by atoms with E-state index < -0.39 is 0 Å². The number of carbonyl (C=O) groups is 1. The second-order valence-electron chi connectivity index (χ2n) is 4.19. The summed E-state index contributed by atoms with van der Waals surface area (Å²) in [6.07, 6.45) is 1.14. The van der Waals surface area contributed by atoms with Gasteiger partial charge in [-0.25, -0.2) is 0 Å². The molecule has 1 fully saturated rings. The van der Waals surface area contributed by atoms with Gasteiger partial charge in [0.05, 0.1) is 6.54 Å². The Balaban J connectivity index is 2.32. The van der Waals surface area contributed by atoms with Gasteiger partial charge in [0.25, 0.3) is 0 Å². The first kappa shape index (κ1) is 12.5. The van der Waals surface area contributed by atoms with Gasteiger partial charge in [-0.05, 0) is 39.3 Å². The molecule has 15 heavy (non-hydrogen) atoms. The van der Waals surface area contributed by atoms with E-state index >= 15 is 0 Å². The number of likely N-dealkylation sites (N-methyl/N-ethyl adjacent to an activating group) is 1. The Labute approximate surface area is 92.4 Å². The van der Waals surface area contributed by atoms with Crippen LogP contribution < -0.4 is 5.73 Å². The van der Waals surface area contributed by atoms with Crippen molar-refractivity contribution in [1.82, 2.24) is 9.80 Å². The second kappa shape index (κ2) is 6.08. The molecule has 0 aliphatic carbocycles. The van der Waals surface area contributed by atoms with Crippen LogP contribution in [0.15, 0.2) is 0 Å². The van der Waals surface area contributed by atoms with E-state index in [1.165, 1.54) is 0 Å². The highest BCUT2D eigenvalue weighted by molar-refractivity contribution is 5.78. The third-order valence-corrected chi connectivity index (χ3v) is 3.18. The zero-order valence-corrected chi connectivity index (χ0v) is 9.91. The summed E-state index contributed by atoms with van der Waals surface area (Å²) in [6.45, 7) is 8.99. The summed E-state index contributed by atoms with van der Waals surface area (Å²) in [7, 11) is 0. The first-order valence-electron chi connectivity index (χ1n) is 5.91. The lowest BCUT2D eigenvalue weighted by Gasteiger charge is -2.22. The van der Waals surface area contributed by atoms with E-state index in [9.17, 15) is 4.79 Å². The lowest BCUT2D eigenvalue weighted by molar-refractivity contribution is -0.131. The molecule has 0 saturated carbocycles. The minimum Gasteiger partial charge on any atom is -0.342 e. The number of nitrogens with zero attached hydrogens (tertiary/aromatic N) is 2. The minimum absolute atomic E-state index is 0.248. The fraction of sp³-hybridized carbons (Fsp3) is 0.909. The van der Waals surface area contributed by atoms with Crippen LogP contribution in [0.5, 0.6) is 0 Å². The third-order valence-electron chi connectivity index (χ3n) is 3.18. The van der Waals surface area contributed by atoms with Crippen LogP contribution in [0.4, 0.5) is 0 Å². The van der Waals surface area contributed by atoms with Crippen molar-refractivity contribution < 1.29 is 4.79 Å². The summed E-state index contributed by atoms with van der Waals surface area (Å²) in [6, 6.07) is 0. The molecule has 1 atom stereocenters. The topological polar surface area (TPSA) is 49.6 Å². The van der Waals surface area contributed by atoms with Crippen LogP contribution in [0, 0.1) is 5.92 Å². The maximum Gasteiger partial charge on any atom is 0.236 e. The zero-order valence-electron chi connectivity index (χ0n) is 9.91. The molecule has 4 nitrogen and oxygen atoms in total. The number of hydrogen-bond donors (Lipinski definition) is 1. The zero-order chi connectivity index (χ0) is 11.3. The van der Waals surface area contributed by atoms with E-state index in [2.05, 4.69) is 4.90 Å². The molecule has 1 unspecified atom stereocenters. The molecule has 1 aliphatic rings. The second-order valence-corrected chi connectivity index (χ2v) is 4.19. The van der Waals surface area contributed by atoms with Gasteiger partial charge in [-0.15, -0.1) is 0 Å². The predicted molar refractivity (Wildman–Crippen MR) is 61.5 cm³/mol. The molecular formula is C11H23N3O. The Kier molecular flexibility index (Phi) is 5.05. The maximum absolute atomic E-state index is 11.8. The summed E-state index contributed by atoms with van der Waals surface area (Å²) in [4.78, 5) is 15.9. The Morgan fingerprint density at radius 2 is 2.13 bits per heavy atom. The summed E-state index contributed by atoms with van der Waals surface area (Å²) in [5, 5.41) is 0.